The summed E-state index contributed by atoms with van der Waals surface area (Å²) in [5.41, 5.74) is 1.09. The molecule has 0 radical (unpaired) electrons. The summed E-state index contributed by atoms with van der Waals surface area (Å²) in [5, 5.41) is 3.34. The van der Waals surface area contributed by atoms with Gasteiger partial charge in [0.1, 0.15) is 5.82 Å². The number of hydrogen-bond acceptors (Lipinski definition) is 2. The number of halogens is 1. The Morgan fingerprint density at radius 1 is 1.47 bits per heavy atom. The van der Waals surface area contributed by atoms with Gasteiger partial charge in [0.25, 0.3) is 0 Å². The molecule has 2 nitrogen and oxygen atoms in total. The van der Waals surface area contributed by atoms with Crippen LogP contribution in [0, 0.1) is 5.82 Å². The first kappa shape index (κ1) is 12.5. The highest BCUT2D eigenvalue weighted by molar-refractivity contribution is 5.16. The molecule has 0 bridgehead atoms. The SMILES string of the molecule is CNC1CCCN(CCc2cccc(F)c2)C1. The van der Waals surface area contributed by atoms with Gasteiger partial charge in [-0.3, -0.25) is 0 Å². The van der Waals surface area contributed by atoms with Crippen molar-refractivity contribution >= 4 is 0 Å². The summed E-state index contributed by atoms with van der Waals surface area (Å²) >= 11 is 0. The standard InChI is InChI=1S/C14H21FN2/c1-16-14-6-3-8-17(11-14)9-7-12-4-2-5-13(15)10-12/h2,4-5,10,14,16H,3,6-9,11H2,1H3. The third-order valence-electron chi connectivity index (χ3n) is 3.52. The zero-order chi connectivity index (χ0) is 12.1. The van der Waals surface area contributed by atoms with Crippen LogP contribution in [0.5, 0.6) is 0 Å². The molecule has 0 aliphatic carbocycles. The van der Waals surface area contributed by atoms with E-state index in [0.29, 0.717) is 6.04 Å². The topological polar surface area (TPSA) is 15.3 Å². The second kappa shape index (κ2) is 6.12. The Labute approximate surface area is 103 Å². The smallest absolute Gasteiger partial charge is 0.123 e. The number of likely N-dealkylation sites (tertiary alicyclic amines) is 1. The zero-order valence-corrected chi connectivity index (χ0v) is 10.5. The fourth-order valence-electron chi connectivity index (χ4n) is 2.47. The van der Waals surface area contributed by atoms with Crippen LogP contribution in [0.3, 0.4) is 0 Å². The minimum atomic E-state index is -0.130. The van der Waals surface area contributed by atoms with Crippen molar-refractivity contribution in [2.75, 3.05) is 26.7 Å². The van der Waals surface area contributed by atoms with Gasteiger partial charge in [-0.05, 0) is 50.6 Å². The first-order valence-corrected chi connectivity index (χ1v) is 6.42. The van der Waals surface area contributed by atoms with Gasteiger partial charge < -0.3 is 10.2 Å². The van der Waals surface area contributed by atoms with Crippen LogP contribution in [0.4, 0.5) is 4.39 Å². The van der Waals surface area contributed by atoms with Gasteiger partial charge in [0.15, 0.2) is 0 Å². The second-order valence-corrected chi connectivity index (χ2v) is 4.81. The summed E-state index contributed by atoms with van der Waals surface area (Å²) in [7, 11) is 2.03. The first-order valence-electron chi connectivity index (χ1n) is 6.42. The lowest BCUT2D eigenvalue weighted by Crippen LogP contribution is -2.44. The maximum Gasteiger partial charge on any atom is 0.123 e. The van der Waals surface area contributed by atoms with E-state index in [2.05, 4.69) is 10.2 Å². The van der Waals surface area contributed by atoms with Crippen molar-refractivity contribution in [2.24, 2.45) is 0 Å². The zero-order valence-electron chi connectivity index (χ0n) is 10.5. The van der Waals surface area contributed by atoms with Gasteiger partial charge in [0.2, 0.25) is 0 Å². The van der Waals surface area contributed by atoms with Crippen LogP contribution < -0.4 is 5.32 Å². The van der Waals surface area contributed by atoms with Crippen molar-refractivity contribution in [1.82, 2.24) is 10.2 Å². The minimum Gasteiger partial charge on any atom is -0.316 e. The largest absolute Gasteiger partial charge is 0.316 e. The molecule has 3 heteroatoms. The summed E-state index contributed by atoms with van der Waals surface area (Å²) in [6, 6.07) is 7.55. The molecule has 0 amide bonds. The predicted molar refractivity (Wildman–Crippen MR) is 68.6 cm³/mol. The molecular formula is C14H21FN2. The lowest BCUT2D eigenvalue weighted by atomic mass is 10.0. The van der Waals surface area contributed by atoms with Crippen LogP contribution in [0.15, 0.2) is 24.3 Å². The maximum absolute atomic E-state index is 13.0. The molecule has 1 fully saturated rings. The van der Waals surface area contributed by atoms with E-state index in [-0.39, 0.29) is 5.82 Å². The highest BCUT2D eigenvalue weighted by Gasteiger charge is 2.17. The van der Waals surface area contributed by atoms with Gasteiger partial charge in [0.05, 0.1) is 0 Å². The van der Waals surface area contributed by atoms with Crippen molar-refractivity contribution in [2.45, 2.75) is 25.3 Å². The molecule has 1 aliphatic rings. The molecule has 1 atom stereocenters. The molecule has 17 heavy (non-hydrogen) atoms. The number of nitrogens with zero attached hydrogens (tertiary/aromatic N) is 1. The van der Waals surface area contributed by atoms with E-state index in [1.165, 1.54) is 25.5 Å². The Kier molecular flexibility index (Phi) is 4.51. The summed E-state index contributed by atoms with van der Waals surface area (Å²) in [6.45, 7) is 3.32. The number of likely N-dealkylation sites (N-methyl/N-ethyl adjacent to an activating group) is 1. The fraction of sp³-hybridized carbons (Fsp3) is 0.571. The molecule has 0 saturated carbocycles. The molecule has 1 aliphatic heterocycles. The normalized spacial score (nSPS) is 21.6. The average Bonchev–Trinajstić information content (AvgIpc) is 2.37. The van der Waals surface area contributed by atoms with Gasteiger partial charge in [-0.2, -0.15) is 0 Å². The Hall–Kier alpha value is -0.930. The third kappa shape index (κ3) is 3.79. The number of piperidine rings is 1. The number of nitrogens with one attached hydrogen (secondary N) is 1. The molecule has 1 unspecified atom stereocenters. The average molecular weight is 236 g/mol. The van der Waals surface area contributed by atoms with E-state index in [9.17, 15) is 4.39 Å². The molecule has 1 heterocycles. The summed E-state index contributed by atoms with van der Waals surface area (Å²) in [5.74, 6) is -0.130. The first-order chi connectivity index (χ1) is 8.28. The Balaban J connectivity index is 1.81. The Morgan fingerprint density at radius 3 is 3.12 bits per heavy atom. The molecule has 0 spiro atoms. The molecule has 1 N–H and O–H groups in total. The van der Waals surface area contributed by atoms with E-state index >= 15 is 0 Å². The third-order valence-corrected chi connectivity index (χ3v) is 3.52. The number of rotatable bonds is 4. The fourth-order valence-corrected chi connectivity index (χ4v) is 2.47. The van der Waals surface area contributed by atoms with Crippen molar-refractivity contribution in [3.63, 3.8) is 0 Å². The van der Waals surface area contributed by atoms with Crippen LogP contribution in [-0.2, 0) is 6.42 Å². The van der Waals surface area contributed by atoms with Gasteiger partial charge >= 0.3 is 0 Å². The van der Waals surface area contributed by atoms with E-state index in [1.807, 2.05) is 13.1 Å². The van der Waals surface area contributed by atoms with E-state index < -0.39 is 0 Å². The molecule has 94 valence electrons. The maximum atomic E-state index is 13.0. The van der Waals surface area contributed by atoms with Crippen molar-refractivity contribution < 1.29 is 4.39 Å². The molecule has 1 saturated heterocycles. The number of benzene rings is 1. The summed E-state index contributed by atoms with van der Waals surface area (Å²) in [4.78, 5) is 2.47. The van der Waals surface area contributed by atoms with E-state index in [0.717, 1.165) is 25.1 Å². The Bertz CT molecular complexity index is 354. The number of hydrogen-bond donors (Lipinski definition) is 1. The highest BCUT2D eigenvalue weighted by atomic mass is 19.1. The van der Waals surface area contributed by atoms with Gasteiger partial charge in [0, 0.05) is 19.1 Å². The van der Waals surface area contributed by atoms with E-state index in [4.69, 9.17) is 0 Å². The summed E-state index contributed by atoms with van der Waals surface area (Å²) < 4.78 is 13.0. The molecule has 1 aromatic rings. The van der Waals surface area contributed by atoms with Crippen LogP contribution in [-0.4, -0.2) is 37.6 Å². The molecule has 2 rings (SSSR count). The predicted octanol–water partition coefficient (Wildman–Crippen LogP) is 2.05. The Morgan fingerprint density at radius 2 is 2.35 bits per heavy atom. The van der Waals surface area contributed by atoms with Crippen molar-refractivity contribution in [1.29, 1.82) is 0 Å². The molecule has 0 aromatic heterocycles. The highest BCUT2D eigenvalue weighted by Crippen LogP contribution is 2.11. The lowest BCUT2D eigenvalue weighted by Gasteiger charge is -2.32. The molecular weight excluding hydrogens is 215 g/mol. The lowest BCUT2D eigenvalue weighted by molar-refractivity contribution is 0.197. The van der Waals surface area contributed by atoms with Crippen molar-refractivity contribution in [3.8, 4) is 0 Å². The van der Waals surface area contributed by atoms with Crippen LogP contribution in [0.2, 0.25) is 0 Å². The van der Waals surface area contributed by atoms with Crippen LogP contribution >= 0.6 is 0 Å². The van der Waals surface area contributed by atoms with Crippen molar-refractivity contribution in [3.05, 3.63) is 35.6 Å². The van der Waals surface area contributed by atoms with Gasteiger partial charge in [-0.1, -0.05) is 12.1 Å². The minimum absolute atomic E-state index is 0.130. The van der Waals surface area contributed by atoms with Gasteiger partial charge in [-0.25, -0.2) is 4.39 Å². The van der Waals surface area contributed by atoms with Gasteiger partial charge in [-0.15, -0.1) is 0 Å². The van der Waals surface area contributed by atoms with Crippen LogP contribution in [0.25, 0.3) is 0 Å². The van der Waals surface area contributed by atoms with E-state index in [1.54, 1.807) is 12.1 Å². The second-order valence-electron chi connectivity index (χ2n) is 4.81. The van der Waals surface area contributed by atoms with Crippen LogP contribution in [0.1, 0.15) is 18.4 Å². The monoisotopic (exact) mass is 236 g/mol. The summed E-state index contributed by atoms with van der Waals surface area (Å²) in [6.07, 6.45) is 3.47. The molecule has 1 aromatic carbocycles. The quantitative estimate of drug-likeness (QED) is 0.860.